The molecule has 3 heteroatoms. The molecule has 1 amide bonds. The minimum Gasteiger partial charge on any atom is -0.399 e. The molecule has 3 nitrogen and oxygen atoms in total. The van der Waals surface area contributed by atoms with Crippen molar-refractivity contribution in [3.8, 4) is 0 Å². The average Bonchev–Trinajstić information content (AvgIpc) is 2.49. The summed E-state index contributed by atoms with van der Waals surface area (Å²) in [6.07, 6.45) is 1.06. The molecule has 0 aliphatic carbocycles. The van der Waals surface area contributed by atoms with Gasteiger partial charge in [-0.05, 0) is 54.7 Å². The van der Waals surface area contributed by atoms with Crippen LogP contribution in [0, 0.1) is 5.92 Å². The molecular formula is C19H24N2O. The first-order valence-electron chi connectivity index (χ1n) is 7.71. The van der Waals surface area contributed by atoms with E-state index in [0.29, 0.717) is 11.6 Å². The maximum atomic E-state index is 12.3. The lowest BCUT2D eigenvalue weighted by Gasteiger charge is -2.14. The molecule has 2 aromatic carbocycles. The van der Waals surface area contributed by atoms with Crippen LogP contribution in [0.2, 0.25) is 0 Å². The summed E-state index contributed by atoms with van der Waals surface area (Å²) in [4.78, 5) is 12.3. The highest BCUT2D eigenvalue weighted by Gasteiger charge is 2.15. The van der Waals surface area contributed by atoms with Crippen molar-refractivity contribution < 1.29 is 4.79 Å². The molecule has 3 N–H and O–H groups in total. The quantitative estimate of drug-likeness (QED) is 0.812. The topological polar surface area (TPSA) is 55.1 Å². The van der Waals surface area contributed by atoms with Crippen molar-refractivity contribution in [1.29, 1.82) is 0 Å². The highest BCUT2D eigenvalue weighted by Crippen LogP contribution is 2.20. The van der Waals surface area contributed by atoms with Crippen molar-refractivity contribution in [3.63, 3.8) is 0 Å². The van der Waals surface area contributed by atoms with E-state index in [-0.39, 0.29) is 11.8 Å². The molecule has 0 aliphatic rings. The average molecular weight is 296 g/mol. The Hall–Kier alpha value is -2.29. The zero-order valence-corrected chi connectivity index (χ0v) is 13.5. The summed E-state index contributed by atoms with van der Waals surface area (Å²) in [5, 5.41) is 2.92. The van der Waals surface area contributed by atoms with Gasteiger partial charge in [0.2, 0.25) is 5.91 Å². The van der Waals surface area contributed by atoms with Gasteiger partial charge in [0.1, 0.15) is 0 Å². The van der Waals surface area contributed by atoms with Crippen LogP contribution in [-0.2, 0) is 11.2 Å². The molecule has 0 saturated heterocycles. The Balaban J connectivity index is 2.02. The summed E-state index contributed by atoms with van der Waals surface area (Å²) in [7, 11) is 0. The standard InChI is InChI=1S/C19H24N2O/c1-13(2)12-15-4-6-16(7-5-15)14(3)19(22)21-18-10-8-17(20)9-11-18/h4-11,13-14H,12,20H2,1-3H3,(H,21,22). The number of nitrogens with two attached hydrogens (primary N) is 1. The van der Waals surface area contributed by atoms with Crippen LogP contribution in [0.4, 0.5) is 11.4 Å². The summed E-state index contributed by atoms with van der Waals surface area (Å²) >= 11 is 0. The molecule has 1 unspecified atom stereocenters. The van der Waals surface area contributed by atoms with Gasteiger partial charge in [-0.3, -0.25) is 4.79 Å². The third-order valence-electron chi connectivity index (χ3n) is 3.70. The van der Waals surface area contributed by atoms with Crippen LogP contribution in [0.25, 0.3) is 0 Å². The molecule has 0 saturated carbocycles. The Morgan fingerprint density at radius 3 is 2.14 bits per heavy atom. The summed E-state index contributed by atoms with van der Waals surface area (Å²) in [5.41, 5.74) is 9.44. The fourth-order valence-electron chi connectivity index (χ4n) is 2.38. The highest BCUT2D eigenvalue weighted by molar-refractivity contribution is 5.95. The molecule has 2 aromatic rings. The first kappa shape index (κ1) is 16.1. The van der Waals surface area contributed by atoms with Crippen molar-refractivity contribution in [3.05, 3.63) is 59.7 Å². The molecular weight excluding hydrogens is 272 g/mol. The van der Waals surface area contributed by atoms with Crippen molar-refractivity contribution in [2.24, 2.45) is 5.92 Å². The number of amides is 1. The number of rotatable bonds is 5. The van der Waals surface area contributed by atoms with Crippen LogP contribution in [-0.4, -0.2) is 5.91 Å². The molecule has 116 valence electrons. The molecule has 0 aliphatic heterocycles. The SMILES string of the molecule is CC(C)Cc1ccc(C(C)C(=O)Nc2ccc(N)cc2)cc1. The first-order valence-corrected chi connectivity index (χ1v) is 7.71. The lowest BCUT2D eigenvalue weighted by atomic mass is 9.96. The van der Waals surface area contributed by atoms with E-state index in [2.05, 4.69) is 31.3 Å². The van der Waals surface area contributed by atoms with Crippen molar-refractivity contribution in [2.45, 2.75) is 33.1 Å². The van der Waals surface area contributed by atoms with Gasteiger partial charge in [0.25, 0.3) is 0 Å². The molecule has 0 aromatic heterocycles. The van der Waals surface area contributed by atoms with E-state index in [1.165, 1.54) is 5.56 Å². The van der Waals surface area contributed by atoms with Gasteiger partial charge in [-0.2, -0.15) is 0 Å². The van der Waals surface area contributed by atoms with E-state index >= 15 is 0 Å². The van der Waals surface area contributed by atoms with Crippen molar-refractivity contribution in [1.82, 2.24) is 0 Å². The zero-order valence-electron chi connectivity index (χ0n) is 13.5. The largest absolute Gasteiger partial charge is 0.399 e. The molecule has 22 heavy (non-hydrogen) atoms. The zero-order chi connectivity index (χ0) is 16.1. The Kier molecular flexibility index (Phi) is 5.21. The van der Waals surface area contributed by atoms with Crippen molar-refractivity contribution in [2.75, 3.05) is 11.1 Å². The Morgan fingerprint density at radius 1 is 1.00 bits per heavy atom. The predicted molar refractivity (Wildman–Crippen MR) is 92.9 cm³/mol. The van der Waals surface area contributed by atoms with Gasteiger partial charge in [0, 0.05) is 11.4 Å². The van der Waals surface area contributed by atoms with E-state index in [9.17, 15) is 4.79 Å². The molecule has 0 bridgehead atoms. The van der Waals surface area contributed by atoms with Gasteiger partial charge in [-0.25, -0.2) is 0 Å². The van der Waals surface area contributed by atoms with Gasteiger partial charge in [-0.15, -0.1) is 0 Å². The third-order valence-corrected chi connectivity index (χ3v) is 3.70. The summed E-state index contributed by atoms with van der Waals surface area (Å²) in [5.74, 6) is 0.434. The lowest BCUT2D eigenvalue weighted by molar-refractivity contribution is -0.117. The normalized spacial score (nSPS) is 12.2. The van der Waals surface area contributed by atoms with Gasteiger partial charge in [-0.1, -0.05) is 38.1 Å². The Labute approximate surface area is 132 Å². The second kappa shape index (κ2) is 7.12. The Morgan fingerprint density at radius 2 is 1.59 bits per heavy atom. The number of nitrogen functional groups attached to an aromatic ring is 1. The summed E-state index contributed by atoms with van der Waals surface area (Å²) in [6, 6.07) is 15.5. The first-order chi connectivity index (χ1) is 10.5. The van der Waals surface area contributed by atoms with E-state index in [1.807, 2.05) is 31.2 Å². The van der Waals surface area contributed by atoms with Crippen LogP contribution in [0.5, 0.6) is 0 Å². The minimum atomic E-state index is -0.189. The number of nitrogens with one attached hydrogen (secondary N) is 1. The number of hydrogen-bond acceptors (Lipinski definition) is 2. The number of carbonyl (C=O) groups excluding carboxylic acids is 1. The van der Waals surface area contributed by atoms with Crippen LogP contribution < -0.4 is 11.1 Å². The molecule has 0 fully saturated rings. The van der Waals surface area contributed by atoms with E-state index in [1.54, 1.807) is 12.1 Å². The molecule has 2 rings (SSSR count). The minimum absolute atomic E-state index is 0.0126. The summed E-state index contributed by atoms with van der Waals surface area (Å²) in [6.45, 7) is 6.33. The van der Waals surface area contributed by atoms with Gasteiger partial charge in [0.15, 0.2) is 0 Å². The third kappa shape index (κ3) is 4.35. The van der Waals surface area contributed by atoms with Gasteiger partial charge >= 0.3 is 0 Å². The molecule has 0 spiro atoms. The second-order valence-electron chi connectivity index (χ2n) is 6.17. The van der Waals surface area contributed by atoms with E-state index in [0.717, 1.165) is 17.7 Å². The number of carbonyl (C=O) groups is 1. The van der Waals surface area contributed by atoms with Crippen molar-refractivity contribution >= 4 is 17.3 Å². The number of benzene rings is 2. The van der Waals surface area contributed by atoms with Crippen LogP contribution >= 0.6 is 0 Å². The van der Waals surface area contributed by atoms with Gasteiger partial charge < -0.3 is 11.1 Å². The van der Waals surface area contributed by atoms with Crippen LogP contribution in [0.3, 0.4) is 0 Å². The van der Waals surface area contributed by atoms with Crippen LogP contribution in [0.15, 0.2) is 48.5 Å². The summed E-state index contributed by atoms with van der Waals surface area (Å²) < 4.78 is 0. The van der Waals surface area contributed by atoms with E-state index < -0.39 is 0 Å². The fourth-order valence-corrected chi connectivity index (χ4v) is 2.38. The molecule has 1 atom stereocenters. The predicted octanol–water partition coefficient (Wildman–Crippen LogP) is 4.21. The van der Waals surface area contributed by atoms with Gasteiger partial charge in [0.05, 0.1) is 5.92 Å². The highest BCUT2D eigenvalue weighted by atomic mass is 16.1. The lowest BCUT2D eigenvalue weighted by Crippen LogP contribution is -2.18. The van der Waals surface area contributed by atoms with E-state index in [4.69, 9.17) is 5.73 Å². The number of hydrogen-bond donors (Lipinski definition) is 2. The maximum Gasteiger partial charge on any atom is 0.231 e. The van der Waals surface area contributed by atoms with Crippen LogP contribution in [0.1, 0.15) is 37.8 Å². The Bertz CT molecular complexity index is 615. The molecule has 0 heterocycles. The fraction of sp³-hybridized carbons (Fsp3) is 0.316. The number of anilines is 2. The smallest absolute Gasteiger partial charge is 0.231 e. The maximum absolute atomic E-state index is 12.3. The second-order valence-corrected chi connectivity index (χ2v) is 6.17. The monoisotopic (exact) mass is 296 g/mol. The molecule has 0 radical (unpaired) electrons.